The molecule has 0 aliphatic heterocycles. The second-order valence-electron chi connectivity index (χ2n) is 3.94. The van der Waals surface area contributed by atoms with Crippen LogP contribution in [0.4, 0.5) is 0 Å². The molecule has 0 heterocycles. The molecule has 1 fully saturated rings. The highest BCUT2D eigenvalue weighted by Gasteiger charge is 2.37. The Morgan fingerprint density at radius 3 is 2.33 bits per heavy atom. The molecule has 1 saturated carbocycles. The van der Waals surface area contributed by atoms with Crippen LogP contribution < -0.4 is 10.5 Å². The lowest BCUT2D eigenvalue weighted by molar-refractivity contribution is 0.580. The molecule has 4 nitrogen and oxygen atoms in total. The fraction of sp³-hybridized carbons (Fsp3) is 0.400. The van der Waals surface area contributed by atoms with Crippen LogP contribution in [-0.2, 0) is 10.0 Å². The van der Waals surface area contributed by atoms with E-state index in [-0.39, 0.29) is 12.1 Å². The third kappa shape index (κ3) is 2.37. The van der Waals surface area contributed by atoms with E-state index in [9.17, 15) is 8.42 Å². The zero-order valence-corrected chi connectivity index (χ0v) is 9.29. The Labute approximate surface area is 89.5 Å². The molecule has 2 unspecified atom stereocenters. The molecule has 2 atom stereocenters. The Morgan fingerprint density at radius 2 is 1.87 bits per heavy atom. The molecular weight excluding hydrogens is 212 g/mol. The molecule has 0 saturated heterocycles. The second kappa shape index (κ2) is 3.59. The highest BCUT2D eigenvalue weighted by atomic mass is 32.2. The molecule has 0 aromatic heterocycles. The van der Waals surface area contributed by atoms with Gasteiger partial charge in [0, 0.05) is 12.1 Å². The third-order valence-corrected chi connectivity index (χ3v) is 3.98. The van der Waals surface area contributed by atoms with Crippen molar-refractivity contribution in [3.63, 3.8) is 0 Å². The quantitative estimate of drug-likeness (QED) is 0.782. The number of hydrogen-bond donors (Lipinski definition) is 2. The topological polar surface area (TPSA) is 72.2 Å². The number of sulfonamides is 1. The summed E-state index contributed by atoms with van der Waals surface area (Å²) < 4.78 is 26.1. The third-order valence-electron chi connectivity index (χ3n) is 2.48. The number of nitrogens with two attached hydrogens (primary N) is 1. The Hall–Kier alpha value is -0.910. The van der Waals surface area contributed by atoms with Crippen molar-refractivity contribution in [2.45, 2.75) is 30.3 Å². The van der Waals surface area contributed by atoms with Crippen molar-refractivity contribution in [1.29, 1.82) is 0 Å². The summed E-state index contributed by atoms with van der Waals surface area (Å²) in [5, 5.41) is 0. The van der Waals surface area contributed by atoms with E-state index in [1.165, 1.54) is 0 Å². The average molecular weight is 226 g/mol. The van der Waals surface area contributed by atoms with Gasteiger partial charge in [-0.15, -0.1) is 0 Å². The lowest BCUT2D eigenvalue weighted by Gasteiger charge is -2.05. The minimum absolute atomic E-state index is 0.0229. The van der Waals surface area contributed by atoms with Gasteiger partial charge in [0.25, 0.3) is 0 Å². The maximum atomic E-state index is 11.8. The van der Waals surface area contributed by atoms with E-state index in [4.69, 9.17) is 5.73 Å². The van der Waals surface area contributed by atoms with Crippen LogP contribution >= 0.6 is 0 Å². The molecule has 5 heteroatoms. The summed E-state index contributed by atoms with van der Waals surface area (Å²) in [6.07, 6.45) is 0.727. The second-order valence-corrected chi connectivity index (χ2v) is 5.65. The van der Waals surface area contributed by atoms with Crippen LogP contribution in [0.5, 0.6) is 0 Å². The fourth-order valence-electron chi connectivity index (χ4n) is 1.33. The van der Waals surface area contributed by atoms with Crippen molar-refractivity contribution in [2.75, 3.05) is 0 Å². The van der Waals surface area contributed by atoms with Crippen molar-refractivity contribution in [2.24, 2.45) is 5.73 Å². The highest BCUT2D eigenvalue weighted by Crippen LogP contribution is 2.21. The molecule has 3 N–H and O–H groups in total. The van der Waals surface area contributed by atoms with Crippen molar-refractivity contribution in [3.8, 4) is 0 Å². The van der Waals surface area contributed by atoms with Gasteiger partial charge in [-0.05, 0) is 25.5 Å². The monoisotopic (exact) mass is 226 g/mol. The minimum atomic E-state index is -3.38. The van der Waals surface area contributed by atoms with Gasteiger partial charge in [-0.25, -0.2) is 13.1 Å². The van der Waals surface area contributed by atoms with Crippen LogP contribution in [0.1, 0.15) is 12.0 Å². The van der Waals surface area contributed by atoms with Crippen molar-refractivity contribution >= 4 is 10.0 Å². The maximum Gasteiger partial charge on any atom is 0.240 e. The van der Waals surface area contributed by atoms with Crippen LogP contribution in [0.3, 0.4) is 0 Å². The van der Waals surface area contributed by atoms with E-state index in [2.05, 4.69) is 4.72 Å². The first-order chi connectivity index (χ1) is 6.99. The predicted molar refractivity (Wildman–Crippen MR) is 57.9 cm³/mol. The van der Waals surface area contributed by atoms with Gasteiger partial charge in [0.1, 0.15) is 0 Å². The normalized spacial score (nSPS) is 25.2. The number of hydrogen-bond acceptors (Lipinski definition) is 3. The van der Waals surface area contributed by atoms with Crippen LogP contribution in [0.15, 0.2) is 29.2 Å². The van der Waals surface area contributed by atoms with Crippen molar-refractivity contribution in [1.82, 2.24) is 4.72 Å². The molecule has 1 aromatic carbocycles. The largest absolute Gasteiger partial charge is 0.326 e. The summed E-state index contributed by atoms with van der Waals surface area (Å²) in [5.41, 5.74) is 6.59. The summed E-state index contributed by atoms with van der Waals surface area (Å²) in [7, 11) is -3.38. The first-order valence-electron chi connectivity index (χ1n) is 4.83. The molecule has 1 aromatic rings. The van der Waals surface area contributed by atoms with Gasteiger partial charge in [0.05, 0.1) is 4.90 Å². The van der Waals surface area contributed by atoms with Crippen LogP contribution in [0.2, 0.25) is 0 Å². The van der Waals surface area contributed by atoms with E-state index in [0.717, 1.165) is 12.0 Å². The van der Waals surface area contributed by atoms with Crippen molar-refractivity contribution in [3.05, 3.63) is 29.8 Å². The van der Waals surface area contributed by atoms with Gasteiger partial charge >= 0.3 is 0 Å². The van der Waals surface area contributed by atoms with Gasteiger partial charge in [0.15, 0.2) is 0 Å². The number of benzene rings is 1. The lowest BCUT2D eigenvalue weighted by Crippen LogP contribution is -2.29. The molecule has 82 valence electrons. The standard InChI is InChI=1S/C10H14N2O2S/c1-7-2-4-8(5-3-7)15(13,14)12-10-6-9(10)11/h2-5,9-10,12H,6,11H2,1H3. The molecule has 0 bridgehead atoms. The maximum absolute atomic E-state index is 11.8. The molecule has 0 radical (unpaired) electrons. The number of rotatable bonds is 3. The number of aryl methyl sites for hydroxylation is 1. The van der Waals surface area contributed by atoms with Crippen LogP contribution in [-0.4, -0.2) is 20.5 Å². The summed E-state index contributed by atoms with van der Waals surface area (Å²) >= 11 is 0. The van der Waals surface area contributed by atoms with Gasteiger partial charge in [-0.2, -0.15) is 0 Å². The van der Waals surface area contributed by atoms with E-state index in [0.29, 0.717) is 4.90 Å². The predicted octanol–water partition coefficient (Wildman–Crippen LogP) is 0.373. The Morgan fingerprint density at radius 1 is 1.33 bits per heavy atom. The number of nitrogens with one attached hydrogen (secondary N) is 1. The first kappa shape index (κ1) is 10.6. The molecule has 1 aliphatic rings. The molecule has 0 amide bonds. The summed E-state index contributed by atoms with van der Waals surface area (Å²) in [6.45, 7) is 1.92. The smallest absolute Gasteiger partial charge is 0.240 e. The van der Waals surface area contributed by atoms with E-state index in [1.807, 2.05) is 6.92 Å². The highest BCUT2D eigenvalue weighted by molar-refractivity contribution is 7.89. The molecular formula is C10H14N2O2S. The first-order valence-corrected chi connectivity index (χ1v) is 6.32. The average Bonchev–Trinajstić information content (AvgIpc) is 2.81. The Bertz CT molecular complexity index is 453. The Balaban J connectivity index is 2.18. The summed E-state index contributed by atoms with van der Waals surface area (Å²) in [4.78, 5) is 0.298. The lowest BCUT2D eigenvalue weighted by atomic mass is 10.2. The Kier molecular flexibility index (Phi) is 2.54. The van der Waals surface area contributed by atoms with Gasteiger partial charge in [0.2, 0.25) is 10.0 Å². The van der Waals surface area contributed by atoms with Gasteiger partial charge in [-0.1, -0.05) is 17.7 Å². The summed E-state index contributed by atoms with van der Waals surface area (Å²) in [5.74, 6) is 0. The minimum Gasteiger partial charge on any atom is -0.326 e. The molecule has 1 aliphatic carbocycles. The molecule has 15 heavy (non-hydrogen) atoms. The van der Waals surface area contributed by atoms with Crippen molar-refractivity contribution < 1.29 is 8.42 Å². The zero-order valence-electron chi connectivity index (χ0n) is 8.47. The van der Waals surface area contributed by atoms with E-state index < -0.39 is 10.0 Å². The summed E-state index contributed by atoms with van der Waals surface area (Å²) in [6, 6.07) is 6.65. The van der Waals surface area contributed by atoms with Crippen LogP contribution in [0.25, 0.3) is 0 Å². The van der Waals surface area contributed by atoms with Gasteiger partial charge < -0.3 is 5.73 Å². The van der Waals surface area contributed by atoms with Crippen LogP contribution in [0, 0.1) is 6.92 Å². The van der Waals surface area contributed by atoms with E-state index in [1.54, 1.807) is 24.3 Å². The SMILES string of the molecule is Cc1ccc(S(=O)(=O)NC2CC2N)cc1. The van der Waals surface area contributed by atoms with E-state index >= 15 is 0 Å². The molecule has 2 rings (SSSR count). The fourth-order valence-corrected chi connectivity index (χ4v) is 2.63. The zero-order chi connectivity index (χ0) is 11.1. The van der Waals surface area contributed by atoms with Gasteiger partial charge in [-0.3, -0.25) is 0 Å². The molecule has 0 spiro atoms.